The van der Waals surface area contributed by atoms with Crippen LogP contribution in [0.15, 0.2) is 29.2 Å². The van der Waals surface area contributed by atoms with Gasteiger partial charge < -0.3 is 14.8 Å². The summed E-state index contributed by atoms with van der Waals surface area (Å²) in [5.74, 6) is -0.570. The molecule has 1 spiro atoms. The summed E-state index contributed by atoms with van der Waals surface area (Å²) < 4.78 is 36.0. The molecule has 0 saturated carbocycles. The number of hydrogen-bond donors (Lipinski definition) is 1. The van der Waals surface area contributed by atoms with Crippen LogP contribution in [0.3, 0.4) is 0 Å². The molecule has 0 atom stereocenters. The van der Waals surface area contributed by atoms with Crippen molar-refractivity contribution in [2.45, 2.75) is 50.5 Å². The average Bonchev–Trinajstić information content (AvgIpc) is 3.10. The number of hydrogen-bond acceptors (Lipinski definition) is 7. The SMILES string of the molecule is CCc1nn(CCCOC(=O)c2ccc(S(C)(=O)=O)cc2)c2c1C(=O)NCC1(CCOCC1)C2. The van der Waals surface area contributed by atoms with Gasteiger partial charge in [-0.1, -0.05) is 6.92 Å². The summed E-state index contributed by atoms with van der Waals surface area (Å²) in [5, 5.41) is 7.82. The summed E-state index contributed by atoms with van der Waals surface area (Å²) in [6, 6.07) is 5.69. The van der Waals surface area contributed by atoms with E-state index in [-0.39, 0.29) is 22.8 Å². The zero-order valence-electron chi connectivity index (χ0n) is 19.6. The molecule has 1 fully saturated rings. The largest absolute Gasteiger partial charge is 0.462 e. The van der Waals surface area contributed by atoms with Crippen LogP contribution in [0, 0.1) is 5.41 Å². The van der Waals surface area contributed by atoms with Crippen LogP contribution in [0.25, 0.3) is 0 Å². The van der Waals surface area contributed by atoms with Gasteiger partial charge in [0.1, 0.15) is 0 Å². The Morgan fingerprint density at radius 1 is 1.24 bits per heavy atom. The molecule has 10 heteroatoms. The molecule has 0 aliphatic carbocycles. The van der Waals surface area contributed by atoms with Gasteiger partial charge in [-0.2, -0.15) is 5.10 Å². The van der Waals surface area contributed by atoms with Gasteiger partial charge in [0, 0.05) is 39.0 Å². The molecule has 2 aliphatic rings. The minimum Gasteiger partial charge on any atom is -0.462 e. The zero-order chi connectivity index (χ0) is 24.3. The highest BCUT2D eigenvalue weighted by Gasteiger charge is 2.39. The lowest BCUT2D eigenvalue weighted by Gasteiger charge is -2.36. The predicted octanol–water partition coefficient (Wildman–Crippen LogP) is 2.18. The van der Waals surface area contributed by atoms with E-state index < -0.39 is 15.8 Å². The van der Waals surface area contributed by atoms with Crippen molar-refractivity contribution in [2.75, 3.05) is 32.6 Å². The van der Waals surface area contributed by atoms with Gasteiger partial charge in [-0.15, -0.1) is 0 Å². The highest BCUT2D eigenvalue weighted by atomic mass is 32.2. The molecule has 9 nitrogen and oxygen atoms in total. The third kappa shape index (κ3) is 5.17. The lowest BCUT2D eigenvalue weighted by molar-refractivity contribution is 0.0152. The van der Waals surface area contributed by atoms with Crippen LogP contribution >= 0.6 is 0 Å². The first kappa shape index (κ1) is 24.4. The number of nitrogens with one attached hydrogen (secondary N) is 1. The highest BCUT2D eigenvalue weighted by Crippen LogP contribution is 2.37. The van der Waals surface area contributed by atoms with E-state index in [0.717, 1.165) is 36.9 Å². The number of rotatable bonds is 7. The molecule has 1 saturated heterocycles. The van der Waals surface area contributed by atoms with E-state index >= 15 is 0 Å². The number of aryl methyl sites for hydroxylation is 2. The van der Waals surface area contributed by atoms with Gasteiger partial charge in [0.05, 0.1) is 34.0 Å². The van der Waals surface area contributed by atoms with E-state index in [1.54, 1.807) is 0 Å². The summed E-state index contributed by atoms with van der Waals surface area (Å²) in [6.07, 6.45) is 4.89. The maximum Gasteiger partial charge on any atom is 0.338 e. The molecule has 1 aromatic carbocycles. The van der Waals surface area contributed by atoms with Crippen molar-refractivity contribution >= 4 is 21.7 Å². The van der Waals surface area contributed by atoms with Crippen molar-refractivity contribution in [1.82, 2.24) is 15.1 Å². The van der Waals surface area contributed by atoms with Gasteiger partial charge in [0.15, 0.2) is 9.84 Å². The third-order valence-corrected chi connectivity index (χ3v) is 7.81. The monoisotopic (exact) mass is 489 g/mol. The van der Waals surface area contributed by atoms with E-state index in [4.69, 9.17) is 14.6 Å². The van der Waals surface area contributed by atoms with Gasteiger partial charge in [-0.25, -0.2) is 13.2 Å². The summed E-state index contributed by atoms with van der Waals surface area (Å²) in [7, 11) is -3.32. The highest BCUT2D eigenvalue weighted by molar-refractivity contribution is 7.90. The molecule has 0 unspecified atom stereocenters. The second-order valence-corrected chi connectivity index (χ2v) is 11.1. The molecule has 184 valence electrons. The molecule has 2 aliphatic heterocycles. The van der Waals surface area contributed by atoms with Crippen molar-refractivity contribution in [3.05, 3.63) is 46.8 Å². The van der Waals surface area contributed by atoms with Crippen LogP contribution in [0.5, 0.6) is 0 Å². The molecule has 3 heterocycles. The molecular weight excluding hydrogens is 458 g/mol. The third-order valence-electron chi connectivity index (χ3n) is 6.68. The van der Waals surface area contributed by atoms with Crippen LogP contribution < -0.4 is 5.32 Å². The standard InChI is InChI=1S/C24H31N3O6S/c1-3-19-21-20(15-24(16-25-22(21)28)9-13-32-14-10-24)27(26-19)11-4-12-33-23(29)17-5-7-18(8-6-17)34(2,30)31/h5-8H,3-4,9-16H2,1-2H3,(H,25,28). The fourth-order valence-electron chi connectivity index (χ4n) is 4.66. The van der Waals surface area contributed by atoms with E-state index in [9.17, 15) is 18.0 Å². The number of benzene rings is 1. The van der Waals surface area contributed by atoms with Gasteiger partial charge >= 0.3 is 5.97 Å². The number of esters is 1. The maximum absolute atomic E-state index is 12.9. The van der Waals surface area contributed by atoms with Crippen LogP contribution in [0.2, 0.25) is 0 Å². The quantitative estimate of drug-likeness (QED) is 0.468. The van der Waals surface area contributed by atoms with Crippen molar-refractivity contribution in [1.29, 1.82) is 0 Å². The van der Waals surface area contributed by atoms with Gasteiger partial charge in [0.2, 0.25) is 0 Å². The number of carbonyl (C=O) groups excluding carboxylic acids is 2. The lowest BCUT2D eigenvalue weighted by Crippen LogP contribution is -2.40. The fraction of sp³-hybridized carbons (Fsp3) is 0.542. The van der Waals surface area contributed by atoms with E-state index in [0.29, 0.717) is 50.3 Å². The second kappa shape index (κ2) is 9.87. The smallest absolute Gasteiger partial charge is 0.338 e. The molecule has 4 rings (SSSR count). The van der Waals surface area contributed by atoms with Crippen LogP contribution in [-0.2, 0) is 38.7 Å². The normalized spacial score (nSPS) is 17.6. The summed E-state index contributed by atoms with van der Waals surface area (Å²) >= 11 is 0. The molecule has 1 amide bonds. The number of sulfone groups is 1. The summed E-state index contributed by atoms with van der Waals surface area (Å²) in [5.41, 5.74) is 2.71. The van der Waals surface area contributed by atoms with Crippen molar-refractivity contribution in [3.63, 3.8) is 0 Å². The molecule has 2 aromatic rings. The first-order chi connectivity index (χ1) is 16.2. The Morgan fingerprint density at radius 3 is 2.59 bits per heavy atom. The Kier molecular flexibility index (Phi) is 7.09. The van der Waals surface area contributed by atoms with Crippen molar-refractivity contribution in [2.24, 2.45) is 5.41 Å². The van der Waals surface area contributed by atoms with Gasteiger partial charge in [0.25, 0.3) is 5.91 Å². The van der Waals surface area contributed by atoms with Crippen molar-refractivity contribution < 1.29 is 27.5 Å². The predicted molar refractivity (Wildman–Crippen MR) is 125 cm³/mol. The minimum absolute atomic E-state index is 0.0213. The number of amides is 1. The van der Waals surface area contributed by atoms with Crippen LogP contribution in [0.1, 0.15) is 58.3 Å². The molecule has 0 radical (unpaired) electrons. The van der Waals surface area contributed by atoms with Gasteiger partial charge in [-0.3, -0.25) is 9.48 Å². The molecule has 34 heavy (non-hydrogen) atoms. The zero-order valence-corrected chi connectivity index (χ0v) is 20.4. The summed E-state index contributed by atoms with van der Waals surface area (Å²) in [6.45, 7) is 4.74. The van der Waals surface area contributed by atoms with Crippen molar-refractivity contribution in [3.8, 4) is 0 Å². The molecule has 1 aromatic heterocycles. The maximum atomic E-state index is 12.9. The fourth-order valence-corrected chi connectivity index (χ4v) is 5.29. The van der Waals surface area contributed by atoms with Crippen LogP contribution in [0.4, 0.5) is 0 Å². The Bertz CT molecular complexity index is 1160. The van der Waals surface area contributed by atoms with Crippen LogP contribution in [-0.4, -0.2) is 62.7 Å². The number of aromatic nitrogens is 2. The molecule has 0 bridgehead atoms. The second-order valence-electron chi connectivity index (χ2n) is 9.10. The Hall–Kier alpha value is -2.72. The Balaban J connectivity index is 1.42. The Labute approximate surface area is 199 Å². The Morgan fingerprint density at radius 2 is 1.94 bits per heavy atom. The van der Waals surface area contributed by atoms with E-state index in [1.807, 2.05) is 11.6 Å². The lowest BCUT2D eigenvalue weighted by atomic mass is 9.76. The topological polar surface area (TPSA) is 117 Å². The first-order valence-electron chi connectivity index (χ1n) is 11.6. The van der Waals surface area contributed by atoms with E-state index in [2.05, 4.69) is 5.32 Å². The number of ether oxygens (including phenoxy) is 2. The molecular formula is C24H31N3O6S. The number of fused-ring (bicyclic) bond motifs is 1. The summed E-state index contributed by atoms with van der Waals surface area (Å²) in [4.78, 5) is 25.4. The van der Waals surface area contributed by atoms with Gasteiger partial charge in [-0.05, 0) is 55.4 Å². The average molecular weight is 490 g/mol. The number of nitrogens with zero attached hydrogens (tertiary/aromatic N) is 2. The number of carbonyl (C=O) groups is 2. The first-order valence-corrected chi connectivity index (χ1v) is 13.5. The molecule has 1 N–H and O–H groups in total. The minimum atomic E-state index is -3.32. The van der Waals surface area contributed by atoms with E-state index in [1.165, 1.54) is 24.3 Å².